The lowest BCUT2D eigenvalue weighted by Gasteiger charge is -2.25. The molecule has 2 aromatic carbocycles. The lowest BCUT2D eigenvalue weighted by Crippen LogP contribution is -2.36. The molecule has 3 rings (SSSR count). The third kappa shape index (κ3) is 6.18. The third-order valence-corrected chi connectivity index (χ3v) is 4.55. The maximum Gasteiger partial charge on any atom is 0.238 e. The van der Waals surface area contributed by atoms with Crippen molar-refractivity contribution in [2.24, 2.45) is 0 Å². The summed E-state index contributed by atoms with van der Waals surface area (Å²) in [5.74, 6) is -0.523. The van der Waals surface area contributed by atoms with E-state index in [-0.39, 0.29) is 24.1 Å². The number of carbonyl (C=O) groups is 2. The molecule has 0 spiro atoms. The van der Waals surface area contributed by atoms with E-state index in [1.54, 1.807) is 36.4 Å². The van der Waals surface area contributed by atoms with E-state index in [4.69, 9.17) is 0 Å². The van der Waals surface area contributed by atoms with Crippen molar-refractivity contribution in [3.8, 4) is 0 Å². The van der Waals surface area contributed by atoms with Crippen molar-refractivity contribution in [3.05, 3.63) is 59.9 Å². The van der Waals surface area contributed by atoms with Gasteiger partial charge in [0.2, 0.25) is 11.8 Å². The smallest absolute Gasteiger partial charge is 0.238 e. The van der Waals surface area contributed by atoms with Gasteiger partial charge >= 0.3 is 0 Å². The van der Waals surface area contributed by atoms with Crippen LogP contribution in [0.1, 0.15) is 24.8 Å². The summed E-state index contributed by atoms with van der Waals surface area (Å²) < 4.78 is 12.9. The van der Waals surface area contributed by atoms with Crippen LogP contribution in [0, 0.1) is 5.82 Å². The van der Waals surface area contributed by atoms with E-state index in [1.165, 1.54) is 18.6 Å². The molecule has 27 heavy (non-hydrogen) atoms. The van der Waals surface area contributed by atoms with Crippen LogP contribution in [-0.4, -0.2) is 36.3 Å². The standard InChI is InChI=1S/C21H24FN3O2/c22-17-6-4-16(5-7-17)14-20(26)23-18-8-10-19(11-9-18)24-21(27)15-25-12-2-1-3-13-25/h4-11H,1-3,12-15H2,(H,23,26)(H,24,27). The van der Waals surface area contributed by atoms with E-state index >= 15 is 0 Å². The summed E-state index contributed by atoms with van der Waals surface area (Å²) in [6.45, 7) is 2.37. The minimum atomic E-state index is -0.322. The molecule has 1 aliphatic heterocycles. The van der Waals surface area contributed by atoms with Crippen LogP contribution in [0.4, 0.5) is 15.8 Å². The Balaban J connectivity index is 1.47. The van der Waals surface area contributed by atoms with Crippen molar-refractivity contribution in [3.63, 3.8) is 0 Å². The first-order chi connectivity index (χ1) is 13.1. The van der Waals surface area contributed by atoms with Crippen LogP contribution in [0.15, 0.2) is 48.5 Å². The van der Waals surface area contributed by atoms with Crippen LogP contribution in [0.25, 0.3) is 0 Å². The molecule has 1 heterocycles. The van der Waals surface area contributed by atoms with E-state index < -0.39 is 0 Å². The van der Waals surface area contributed by atoms with Gasteiger partial charge in [0.25, 0.3) is 0 Å². The highest BCUT2D eigenvalue weighted by Crippen LogP contribution is 2.15. The molecule has 0 radical (unpaired) electrons. The summed E-state index contributed by atoms with van der Waals surface area (Å²) in [7, 11) is 0. The van der Waals surface area contributed by atoms with Crippen LogP contribution in [0.3, 0.4) is 0 Å². The minimum absolute atomic E-state index is 0.0232. The van der Waals surface area contributed by atoms with Crippen molar-refractivity contribution >= 4 is 23.2 Å². The molecule has 0 unspecified atom stereocenters. The van der Waals surface area contributed by atoms with Crippen LogP contribution in [-0.2, 0) is 16.0 Å². The molecule has 1 aliphatic rings. The van der Waals surface area contributed by atoms with Gasteiger partial charge in [-0.1, -0.05) is 18.6 Å². The maximum atomic E-state index is 12.9. The Morgan fingerprint density at radius 2 is 1.37 bits per heavy atom. The highest BCUT2D eigenvalue weighted by atomic mass is 19.1. The predicted octanol–water partition coefficient (Wildman–Crippen LogP) is 3.43. The van der Waals surface area contributed by atoms with Crippen LogP contribution >= 0.6 is 0 Å². The number of halogens is 1. The average molecular weight is 369 g/mol. The highest BCUT2D eigenvalue weighted by molar-refractivity contribution is 5.94. The number of amides is 2. The van der Waals surface area contributed by atoms with Crippen molar-refractivity contribution in [2.75, 3.05) is 30.3 Å². The SMILES string of the molecule is O=C(Cc1ccc(F)cc1)Nc1ccc(NC(=O)CN2CCCCC2)cc1. The van der Waals surface area contributed by atoms with Crippen molar-refractivity contribution in [1.29, 1.82) is 0 Å². The van der Waals surface area contributed by atoms with Gasteiger partial charge in [0.1, 0.15) is 5.82 Å². The molecular formula is C21H24FN3O2. The van der Waals surface area contributed by atoms with Gasteiger partial charge in [-0.25, -0.2) is 4.39 Å². The van der Waals surface area contributed by atoms with Crippen LogP contribution in [0.5, 0.6) is 0 Å². The van der Waals surface area contributed by atoms with Crippen LogP contribution < -0.4 is 10.6 Å². The molecule has 142 valence electrons. The number of nitrogens with zero attached hydrogens (tertiary/aromatic N) is 1. The predicted molar refractivity (Wildman–Crippen MR) is 104 cm³/mol. The number of carbonyl (C=O) groups excluding carboxylic acids is 2. The number of anilines is 2. The topological polar surface area (TPSA) is 61.4 Å². The molecule has 2 aromatic rings. The normalized spacial score (nSPS) is 14.6. The highest BCUT2D eigenvalue weighted by Gasteiger charge is 2.14. The second-order valence-corrected chi connectivity index (χ2v) is 6.81. The number of rotatable bonds is 6. The number of hydrogen-bond donors (Lipinski definition) is 2. The zero-order valence-corrected chi connectivity index (χ0v) is 15.2. The lowest BCUT2D eigenvalue weighted by atomic mass is 10.1. The molecule has 2 amide bonds. The fourth-order valence-corrected chi connectivity index (χ4v) is 3.15. The Hall–Kier alpha value is -2.73. The molecule has 1 saturated heterocycles. The molecule has 0 saturated carbocycles. The summed E-state index contributed by atoms with van der Waals surface area (Å²) in [5.41, 5.74) is 2.10. The van der Waals surface area contributed by atoms with Gasteiger partial charge in [-0.15, -0.1) is 0 Å². The number of piperidine rings is 1. The lowest BCUT2D eigenvalue weighted by molar-refractivity contribution is -0.117. The zero-order valence-electron chi connectivity index (χ0n) is 15.2. The van der Waals surface area contributed by atoms with Gasteiger partial charge in [0.05, 0.1) is 13.0 Å². The van der Waals surface area contributed by atoms with E-state index in [0.29, 0.717) is 17.9 Å². The Morgan fingerprint density at radius 1 is 0.815 bits per heavy atom. The molecule has 0 aromatic heterocycles. The van der Waals surface area contributed by atoms with E-state index in [1.807, 2.05) is 0 Å². The van der Waals surface area contributed by atoms with Gasteiger partial charge in [-0.3, -0.25) is 14.5 Å². The fourth-order valence-electron chi connectivity index (χ4n) is 3.15. The van der Waals surface area contributed by atoms with Gasteiger partial charge < -0.3 is 10.6 Å². The van der Waals surface area contributed by atoms with Gasteiger partial charge in [-0.2, -0.15) is 0 Å². The molecular weight excluding hydrogens is 345 g/mol. The molecule has 0 aliphatic carbocycles. The summed E-state index contributed by atoms with van der Waals surface area (Å²) in [4.78, 5) is 26.4. The Morgan fingerprint density at radius 3 is 1.96 bits per heavy atom. The van der Waals surface area contributed by atoms with Crippen molar-refractivity contribution in [2.45, 2.75) is 25.7 Å². The summed E-state index contributed by atoms with van der Waals surface area (Å²) in [6.07, 6.45) is 3.72. The van der Waals surface area contributed by atoms with E-state index in [0.717, 1.165) is 31.5 Å². The number of nitrogens with one attached hydrogen (secondary N) is 2. The minimum Gasteiger partial charge on any atom is -0.326 e. The largest absolute Gasteiger partial charge is 0.326 e. The number of likely N-dealkylation sites (tertiary alicyclic amines) is 1. The van der Waals surface area contributed by atoms with Crippen molar-refractivity contribution < 1.29 is 14.0 Å². The third-order valence-electron chi connectivity index (χ3n) is 4.55. The quantitative estimate of drug-likeness (QED) is 0.820. The Kier molecular flexibility index (Phi) is 6.54. The Labute approximate surface area is 158 Å². The second-order valence-electron chi connectivity index (χ2n) is 6.81. The first-order valence-electron chi connectivity index (χ1n) is 9.25. The van der Waals surface area contributed by atoms with Gasteiger partial charge in [0.15, 0.2) is 0 Å². The summed E-state index contributed by atoms with van der Waals surface area (Å²) >= 11 is 0. The molecule has 0 bridgehead atoms. The molecule has 1 fully saturated rings. The summed E-state index contributed by atoms with van der Waals surface area (Å²) in [5, 5.41) is 5.68. The second kappa shape index (κ2) is 9.28. The van der Waals surface area contributed by atoms with E-state index in [9.17, 15) is 14.0 Å². The molecule has 2 N–H and O–H groups in total. The first-order valence-corrected chi connectivity index (χ1v) is 9.25. The summed E-state index contributed by atoms with van der Waals surface area (Å²) in [6, 6.07) is 12.9. The molecule has 6 heteroatoms. The monoisotopic (exact) mass is 369 g/mol. The zero-order chi connectivity index (χ0) is 19.1. The van der Waals surface area contributed by atoms with Crippen LogP contribution in [0.2, 0.25) is 0 Å². The fraction of sp³-hybridized carbons (Fsp3) is 0.333. The van der Waals surface area contributed by atoms with Gasteiger partial charge in [-0.05, 0) is 67.9 Å². The average Bonchev–Trinajstić information content (AvgIpc) is 2.66. The van der Waals surface area contributed by atoms with Gasteiger partial charge in [0, 0.05) is 11.4 Å². The first kappa shape index (κ1) is 19.0. The Bertz CT molecular complexity index is 769. The number of benzene rings is 2. The maximum absolute atomic E-state index is 12.9. The molecule has 0 atom stereocenters. The van der Waals surface area contributed by atoms with Crippen molar-refractivity contribution in [1.82, 2.24) is 4.90 Å². The molecule has 5 nitrogen and oxygen atoms in total. The number of hydrogen-bond acceptors (Lipinski definition) is 3. The van der Waals surface area contributed by atoms with E-state index in [2.05, 4.69) is 15.5 Å².